The van der Waals surface area contributed by atoms with Crippen LogP contribution in [0.5, 0.6) is 0 Å². The van der Waals surface area contributed by atoms with Crippen molar-refractivity contribution in [1.29, 1.82) is 0 Å². The first-order valence-corrected chi connectivity index (χ1v) is 11.3. The predicted octanol–water partition coefficient (Wildman–Crippen LogP) is 1.46. The number of hydrogen-bond donors (Lipinski definition) is 4. The summed E-state index contributed by atoms with van der Waals surface area (Å²) in [4.78, 5) is 24.9. The topological polar surface area (TPSA) is 101 Å². The molecule has 0 spiro atoms. The Morgan fingerprint density at radius 3 is 2.09 bits per heavy atom. The number of hydrogen-bond acceptors (Lipinski definition) is 6. The summed E-state index contributed by atoms with van der Waals surface area (Å²) in [5, 5.41) is 10.9. The second-order valence-electron chi connectivity index (χ2n) is 9.85. The highest BCUT2D eigenvalue weighted by atomic mass is 19.4. The van der Waals surface area contributed by atoms with Crippen LogP contribution in [0.25, 0.3) is 0 Å². The second-order valence-corrected chi connectivity index (χ2v) is 9.85. The summed E-state index contributed by atoms with van der Waals surface area (Å²) in [5.74, 6) is -0.573. The van der Waals surface area contributed by atoms with Crippen molar-refractivity contribution in [1.82, 2.24) is 21.3 Å². The van der Waals surface area contributed by atoms with Crippen LogP contribution in [0.3, 0.4) is 0 Å². The van der Waals surface area contributed by atoms with Gasteiger partial charge in [0.05, 0.1) is 23.8 Å². The summed E-state index contributed by atoms with van der Waals surface area (Å²) in [6, 6.07) is -1.55. The van der Waals surface area contributed by atoms with Gasteiger partial charge in [-0.1, -0.05) is 0 Å². The number of alkyl halides is 6. The van der Waals surface area contributed by atoms with Crippen LogP contribution in [0.2, 0.25) is 0 Å². The number of halogens is 6. The van der Waals surface area contributed by atoms with Gasteiger partial charge >= 0.3 is 12.5 Å². The van der Waals surface area contributed by atoms with Crippen LogP contribution in [-0.2, 0) is 19.1 Å². The molecule has 2 amide bonds. The first-order chi connectivity index (χ1) is 15.8. The Morgan fingerprint density at radius 1 is 0.912 bits per heavy atom. The molecule has 5 aliphatic rings. The summed E-state index contributed by atoms with van der Waals surface area (Å²) in [7, 11) is 0. The molecule has 2 saturated heterocycles. The van der Waals surface area contributed by atoms with Gasteiger partial charge in [0.15, 0.2) is 0 Å². The van der Waals surface area contributed by atoms with Gasteiger partial charge in [-0.3, -0.25) is 19.6 Å². The van der Waals surface area contributed by atoms with Crippen LogP contribution < -0.4 is 21.3 Å². The predicted molar refractivity (Wildman–Crippen MR) is 104 cm³/mol. The maximum absolute atomic E-state index is 12.7. The van der Waals surface area contributed by atoms with E-state index in [0.717, 1.165) is 0 Å². The maximum atomic E-state index is 12.7. The van der Waals surface area contributed by atoms with Crippen molar-refractivity contribution >= 4 is 11.8 Å². The molecule has 5 fully saturated rings. The molecule has 0 aromatic rings. The van der Waals surface area contributed by atoms with Crippen molar-refractivity contribution in [2.24, 2.45) is 5.41 Å². The number of ether oxygens (including phenoxy) is 2. The van der Waals surface area contributed by atoms with E-state index in [-0.39, 0.29) is 50.8 Å². The SMILES string of the molecule is O=C(COC1CCC(C(F)(F)F)NC1)NC12CC(C(=O)NC3CCC(OC(F)(F)F)CN3)(C1)C2. The van der Waals surface area contributed by atoms with Crippen molar-refractivity contribution in [3.05, 3.63) is 0 Å². The van der Waals surface area contributed by atoms with Crippen LogP contribution >= 0.6 is 0 Å². The smallest absolute Gasteiger partial charge is 0.367 e. The van der Waals surface area contributed by atoms with E-state index < -0.39 is 47.9 Å². The summed E-state index contributed by atoms with van der Waals surface area (Å²) in [5.41, 5.74) is -1.06. The maximum Gasteiger partial charge on any atom is 0.522 e. The molecule has 5 rings (SSSR count). The molecular weight excluding hydrogens is 474 g/mol. The molecule has 2 aliphatic heterocycles. The van der Waals surface area contributed by atoms with Gasteiger partial charge in [0.1, 0.15) is 12.6 Å². The highest BCUT2D eigenvalue weighted by molar-refractivity contribution is 5.89. The molecule has 2 heterocycles. The molecule has 3 aliphatic carbocycles. The number of rotatable bonds is 7. The molecule has 194 valence electrons. The van der Waals surface area contributed by atoms with Crippen molar-refractivity contribution in [3.63, 3.8) is 0 Å². The Kier molecular flexibility index (Phi) is 6.81. The minimum absolute atomic E-state index is 0.0180. The number of nitrogens with one attached hydrogen (secondary N) is 4. The average Bonchev–Trinajstić information content (AvgIpc) is 2.68. The van der Waals surface area contributed by atoms with E-state index in [1.165, 1.54) is 0 Å². The normalized spacial score (nSPS) is 37.8. The van der Waals surface area contributed by atoms with Gasteiger partial charge in [-0.2, -0.15) is 13.2 Å². The minimum Gasteiger partial charge on any atom is -0.367 e. The van der Waals surface area contributed by atoms with Gasteiger partial charge in [-0.25, -0.2) is 0 Å². The van der Waals surface area contributed by atoms with Crippen LogP contribution in [-0.4, -0.2) is 74.0 Å². The van der Waals surface area contributed by atoms with Gasteiger partial charge in [0, 0.05) is 18.6 Å². The van der Waals surface area contributed by atoms with Crippen LogP contribution in [0.4, 0.5) is 26.3 Å². The largest absolute Gasteiger partial charge is 0.522 e. The van der Waals surface area contributed by atoms with Crippen molar-refractivity contribution < 1.29 is 45.4 Å². The minimum atomic E-state index is -4.69. The van der Waals surface area contributed by atoms with Crippen LogP contribution in [0.1, 0.15) is 44.9 Å². The molecule has 0 aromatic heterocycles. The van der Waals surface area contributed by atoms with Crippen LogP contribution in [0, 0.1) is 5.41 Å². The number of carbonyl (C=O) groups is 2. The van der Waals surface area contributed by atoms with Gasteiger partial charge < -0.3 is 20.7 Å². The lowest BCUT2D eigenvalue weighted by Crippen LogP contribution is -2.79. The molecule has 2 bridgehead atoms. The van der Waals surface area contributed by atoms with Crippen molar-refractivity contribution in [2.75, 3.05) is 19.7 Å². The van der Waals surface area contributed by atoms with Gasteiger partial charge in [-0.05, 0) is 44.9 Å². The second kappa shape index (κ2) is 9.10. The lowest BCUT2D eigenvalue weighted by atomic mass is 9.39. The Labute approximate surface area is 191 Å². The Balaban J connectivity index is 1.11. The molecule has 34 heavy (non-hydrogen) atoms. The third-order valence-corrected chi connectivity index (χ3v) is 7.11. The third-order valence-electron chi connectivity index (χ3n) is 7.11. The van der Waals surface area contributed by atoms with Gasteiger partial charge in [0.2, 0.25) is 11.8 Å². The molecule has 0 aromatic carbocycles. The summed E-state index contributed by atoms with van der Waals surface area (Å²) in [6.07, 6.45) is -8.94. The van der Waals surface area contributed by atoms with Crippen molar-refractivity contribution in [3.8, 4) is 0 Å². The van der Waals surface area contributed by atoms with E-state index in [9.17, 15) is 35.9 Å². The Hall–Kier alpha value is -1.64. The molecule has 14 heteroatoms. The molecule has 3 saturated carbocycles. The van der Waals surface area contributed by atoms with E-state index in [1.54, 1.807) is 0 Å². The fourth-order valence-electron chi connectivity index (χ4n) is 5.49. The van der Waals surface area contributed by atoms with E-state index >= 15 is 0 Å². The monoisotopic (exact) mass is 502 g/mol. The highest BCUT2D eigenvalue weighted by Crippen LogP contribution is 2.67. The molecule has 8 nitrogen and oxygen atoms in total. The quantitative estimate of drug-likeness (QED) is 0.394. The Bertz CT molecular complexity index is 756. The van der Waals surface area contributed by atoms with Crippen LogP contribution in [0.15, 0.2) is 0 Å². The van der Waals surface area contributed by atoms with Gasteiger partial charge in [0.25, 0.3) is 0 Å². The van der Waals surface area contributed by atoms with E-state index in [1.807, 2.05) is 0 Å². The zero-order valence-electron chi connectivity index (χ0n) is 18.3. The zero-order chi connectivity index (χ0) is 24.8. The lowest BCUT2D eigenvalue weighted by Gasteiger charge is -2.69. The number of piperidine rings is 2. The van der Waals surface area contributed by atoms with E-state index in [4.69, 9.17) is 4.74 Å². The fourth-order valence-corrected chi connectivity index (χ4v) is 5.49. The fraction of sp³-hybridized carbons (Fsp3) is 0.900. The number of amides is 2. The molecule has 4 N–H and O–H groups in total. The standard InChI is InChI=1S/C20H28F6N4O4/c21-19(22,23)13-3-1-11(5-27-13)33-7-15(31)30-18-8-17(9-18,10-18)16(32)29-14-4-2-12(6-28-14)34-20(24,25)26/h11-14,27-28H,1-10H2,(H,29,32)(H,30,31). The molecule has 4 atom stereocenters. The molecular formula is C20H28F6N4O4. The zero-order valence-corrected chi connectivity index (χ0v) is 18.3. The van der Waals surface area contributed by atoms with E-state index in [0.29, 0.717) is 25.7 Å². The first kappa shape index (κ1) is 25.5. The summed E-state index contributed by atoms with van der Waals surface area (Å²) in [6.45, 7) is -0.272. The average molecular weight is 502 g/mol. The lowest BCUT2D eigenvalue weighted by molar-refractivity contribution is -0.344. The van der Waals surface area contributed by atoms with E-state index in [2.05, 4.69) is 26.0 Å². The molecule has 0 radical (unpaired) electrons. The Morgan fingerprint density at radius 2 is 1.56 bits per heavy atom. The summed E-state index contributed by atoms with van der Waals surface area (Å²) < 4.78 is 84.3. The third kappa shape index (κ3) is 5.77. The van der Waals surface area contributed by atoms with Crippen molar-refractivity contribution in [2.45, 2.75) is 87.4 Å². The highest BCUT2D eigenvalue weighted by Gasteiger charge is 2.72. The molecule has 4 unspecified atom stereocenters. The number of carbonyl (C=O) groups excluding carboxylic acids is 2. The summed E-state index contributed by atoms with van der Waals surface area (Å²) >= 11 is 0. The first-order valence-electron chi connectivity index (χ1n) is 11.3. The van der Waals surface area contributed by atoms with Gasteiger partial charge in [-0.15, -0.1) is 13.2 Å².